The van der Waals surface area contributed by atoms with Crippen molar-refractivity contribution in [2.45, 2.75) is 94.1 Å². The number of nitrogens with zero attached hydrogens (tertiary/aromatic N) is 1. The Morgan fingerprint density at radius 1 is 0.935 bits per heavy atom. The number of hydrogen-bond donors (Lipinski definition) is 1. The van der Waals surface area contributed by atoms with Gasteiger partial charge in [0.2, 0.25) is 0 Å². The van der Waals surface area contributed by atoms with Crippen LogP contribution in [0.25, 0.3) is 0 Å². The Balaban J connectivity index is 1.70. The van der Waals surface area contributed by atoms with Crippen LogP contribution in [0.1, 0.15) is 84.9 Å². The second-order valence-electron chi connectivity index (χ2n) is 11.6. The van der Waals surface area contributed by atoms with E-state index in [1.54, 1.807) is 0 Å². The number of anilines is 1. The first-order chi connectivity index (χ1) is 14.3. The Kier molecular flexibility index (Phi) is 6.29. The van der Waals surface area contributed by atoms with Gasteiger partial charge < -0.3 is 5.32 Å². The topological polar surface area (TPSA) is 35.8 Å². The SMILES string of the molecule is CC1(CCC(C)(C)c2ccc(C(C)(C)C#N)cc2)CNc2cc(C(C)(C)C)ccc2S1. The fourth-order valence-electron chi connectivity index (χ4n) is 4.07. The highest BCUT2D eigenvalue weighted by Crippen LogP contribution is 2.46. The number of rotatable bonds is 5. The molecule has 0 saturated heterocycles. The zero-order chi connectivity index (χ0) is 23.1. The monoisotopic (exact) mass is 434 g/mol. The van der Waals surface area contributed by atoms with Gasteiger partial charge in [-0.3, -0.25) is 0 Å². The average Bonchev–Trinajstić information content (AvgIpc) is 2.71. The molecule has 0 aliphatic carbocycles. The summed E-state index contributed by atoms with van der Waals surface area (Å²) in [7, 11) is 0. The van der Waals surface area contributed by atoms with E-state index in [-0.39, 0.29) is 15.6 Å². The van der Waals surface area contributed by atoms with E-state index in [1.165, 1.54) is 21.7 Å². The number of thioether (sulfide) groups is 1. The molecule has 0 spiro atoms. The van der Waals surface area contributed by atoms with E-state index in [1.807, 2.05) is 25.6 Å². The van der Waals surface area contributed by atoms with E-state index >= 15 is 0 Å². The van der Waals surface area contributed by atoms with Crippen LogP contribution in [0.2, 0.25) is 0 Å². The van der Waals surface area contributed by atoms with Gasteiger partial charge in [0.15, 0.2) is 0 Å². The van der Waals surface area contributed by atoms with E-state index in [0.717, 1.165) is 24.9 Å². The standard InChI is InChI=1S/C28H38N2S/c1-25(2,3)22-13-14-24-23(17-22)30-19-28(8,31-24)16-15-26(4,5)20-9-11-21(12-10-20)27(6,7)18-29/h9-14,17,30H,15-16,19H2,1-8H3. The molecule has 2 nitrogen and oxygen atoms in total. The summed E-state index contributed by atoms with van der Waals surface area (Å²) < 4.78 is 0.177. The number of nitriles is 1. The van der Waals surface area contributed by atoms with Crippen molar-refractivity contribution < 1.29 is 0 Å². The van der Waals surface area contributed by atoms with Crippen molar-refractivity contribution in [1.82, 2.24) is 0 Å². The van der Waals surface area contributed by atoms with Gasteiger partial charge >= 0.3 is 0 Å². The fourth-order valence-corrected chi connectivity index (χ4v) is 5.33. The third-order valence-corrected chi connectivity index (χ3v) is 8.22. The number of nitrogens with one attached hydrogen (secondary N) is 1. The molecular weight excluding hydrogens is 396 g/mol. The number of benzene rings is 2. The van der Waals surface area contributed by atoms with Crippen molar-refractivity contribution >= 4 is 17.4 Å². The van der Waals surface area contributed by atoms with Gasteiger partial charge in [-0.2, -0.15) is 5.26 Å². The minimum Gasteiger partial charge on any atom is -0.383 e. The van der Waals surface area contributed by atoms with Gasteiger partial charge in [-0.15, -0.1) is 11.8 Å². The number of fused-ring (bicyclic) bond motifs is 1. The van der Waals surface area contributed by atoms with Gasteiger partial charge in [-0.1, -0.05) is 65.0 Å². The first-order valence-electron chi connectivity index (χ1n) is 11.4. The molecule has 2 aromatic rings. The summed E-state index contributed by atoms with van der Waals surface area (Å²) in [6.07, 6.45) is 2.26. The Morgan fingerprint density at radius 2 is 1.52 bits per heavy atom. The molecule has 3 heteroatoms. The Hall–Kier alpha value is -1.92. The van der Waals surface area contributed by atoms with E-state index in [2.05, 4.69) is 95.4 Å². The first kappa shape index (κ1) is 23.7. The summed E-state index contributed by atoms with van der Waals surface area (Å²) in [5, 5.41) is 13.1. The Bertz CT molecular complexity index is 974. The van der Waals surface area contributed by atoms with Gasteiger partial charge in [-0.05, 0) is 73.3 Å². The fraction of sp³-hybridized carbons (Fsp3) is 0.536. The van der Waals surface area contributed by atoms with Gasteiger partial charge in [0.25, 0.3) is 0 Å². The molecule has 2 aromatic carbocycles. The van der Waals surface area contributed by atoms with Gasteiger partial charge in [0, 0.05) is 21.9 Å². The van der Waals surface area contributed by atoms with E-state index < -0.39 is 5.41 Å². The van der Waals surface area contributed by atoms with Gasteiger partial charge in [-0.25, -0.2) is 0 Å². The normalized spacial score (nSPS) is 19.3. The van der Waals surface area contributed by atoms with Crippen molar-refractivity contribution in [3.63, 3.8) is 0 Å². The molecular formula is C28H38N2S. The highest BCUT2D eigenvalue weighted by Gasteiger charge is 2.34. The quantitative estimate of drug-likeness (QED) is 0.521. The zero-order valence-corrected chi connectivity index (χ0v) is 21.3. The van der Waals surface area contributed by atoms with Gasteiger partial charge in [0.1, 0.15) is 0 Å². The lowest BCUT2D eigenvalue weighted by atomic mass is 9.77. The second kappa shape index (κ2) is 8.21. The van der Waals surface area contributed by atoms with Crippen LogP contribution in [0.4, 0.5) is 5.69 Å². The molecule has 0 fully saturated rings. The molecule has 1 heterocycles. The molecule has 3 rings (SSSR count). The molecule has 0 bridgehead atoms. The number of hydrogen-bond acceptors (Lipinski definition) is 3. The Morgan fingerprint density at radius 3 is 2.10 bits per heavy atom. The van der Waals surface area contributed by atoms with E-state index in [9.17, 15) is 5.26 Å². The summed E-state index contributed by atoms with van der Waals surface area (Å²) in [6, 6.07) is 18.0. The van der Waals surface area contributed by atoms with Crippen molar-refractivity contribution in [3.8, 4) is 6.07 Å². The summed E-state index contributed by atoms with van der Waals surface area (Å²) in [4.78, 5) is 1.36. The molecule has 1 N–H and O–H groups in total. The lowest BCUT2D eigenvalue weighted by Gasteiger charge is -2.38. The smallest absolute Gasteiger partial charge is 0.0766 e. The minimum atomic E-state index is -0.444. The molecule has 1 unspecified atom stereocenters. The van der Waals surface area contributed by atoms with Crippen molar-refractivity contribution in [2.24, 2.45) is 0 Å². The predicted molar refractivity (Wildman–Crippen MR) is 135 cm³/mol. The third-order valence-electron chi connectivity index (χ3n) is 6.80. The van der Waals surface area contributed by atoms with Crippen molar-refractivity contribution in [3.05, 3.63) is 59.2 Å². The van der Waals surface area contributed by atoms with Crippen molar-refractivity contribution in [2.75, 3.05) is 11.9 Å². The molecule has 1 aliphatic heterocycles. The van der Waals surface area contributed by atoms with Crippen LogP contribution in [0, 0.1) is 11.3 Å². The summed E-state index contributed by atoms with van der Waals surface area (Å²) in [5.41, 5.74) is 4.91. The molecule has 0 saturated carbocycles. The zero-order valence-electron chi connectivity index (χ0n) is 20.5. The molecule has 0 aromatic heterocycles. The molecule has 1 aliphatic rings. The summed E-state index contributed by atoms with van der Waals surface area (Å²) in [5.74, 6) is 0. The molecule has 1 atom stereocenters. The average molecular weight is 435 g/mol. The van der Waals surface area contributed by atoms with Crippen LogP contribution in [-0.4, -0.2) is 11.3 Å². The predicted octanol–water partition coefficient (Wildman–Crippen LogP) is 7.82. The van der Waals surface area contributed by atoms with E-state index in [0.29, 0.717) is 0 Å². The highest BCUT2D eigenvalue weighted by molar-refractivity contribution is 8.01. The summed E-state index contributed by atoms with van der Waals surface area (Å²) in [6.45, 7) is 18.8. The van der Waals surface area contributed by atoms with Crippen LogP contribution in [0.5, 0.6) is 0 Å². The molecule has 0 radical (unpaired) electrons. The maximum Gasteiger partial charge on any atom is 0.0766 e. The maximum atomic E-state index is 9.40. The highest BCUT2D eigenvalue weighted by atomic mass is 32.2. The second-order valence-corrected chi connectivity index (χ2v) is 13.2. The lowest BCUT2D eigenvalue weighted by Crippen LogP contribution is -2.35. The van der Waals surface area contributed by atoms with E-state index in [4.69, 9.17) is 0 Å². The molecule has 31 heavy (non-hydrogen) atoms. The largest absolute Gasteiger partial charge is 0.383 e. The molecule has 166 valence electrons. The third kappa shape index (κ3) is 5.29. The lowest BCUT2D eigenvalue weighted by molar-refractivity contribution is 0.425. The van der Waals surface area contributed by atoms with Crippen LogP contribution < -0.4 is 5.32 Å². The van der Waals surface area contributed by atoms with Crippen molar-refractivity contribution in [1.29, 1.82) is 5.26 Å². The van der Waals surface area contributed by atoms with Crippen LogP contribution >= 0.6 is 11.8 Å². The van der Waals surface area contributed by atoms with Crippen LogP contribution in [0.15, 0.2) is 47.4 Å². The van der Waals surface area contributed by atoms with Crippen LogP contribution in [0.3, 0.4) is 0 Å². The van der Waals surface area contributed by atoms with Crippen LogP contribution in [-0.2, 0) is 16.2 Å². The maximum absolute atomic E-state index is 9.40. The summed E-state index contributed by atoms with van der Waals surface area (Å²) >= 11 is 2.02. The van der Waals surface area contributed by atoms with Gasteiger partial charge in [0.05, 0.1) is 11.5 Å². The Labute approximate surface area is 193 Å². The first-order valence-corrected chi connectivity index (χ1v) is 12.2. The molecule has 0 amide bonds. The minimum absolute atomic E-state index is 0.0925.